The molecule has 1 heterocycles. The van der Waals surface area contributed by atoms with Crippen molar-refractivity contribution in [2.75, 3.05) is 19.4 Å². The molecule has 0 spiro atoms. The minimum atomic E-state index is -0.480. The first-order chi connectivity index (χ1) is 6.56. The first-order valence-corrected chi connectivity index (χ1v) is 4.47. The summed E-state index contributed by atoms with van der Waals surface area (Å²) in [6.45, 7) is 0. The standard InChI is InChI=1S/C7H8N4O2S/c1-11(2)7(13)9-6-4(3-8)5(12)10-14-6/h1-2H3,(H,9,13)(H,10,12). The van der Waals surface area contributed by atoms with Gasteiger partial charge in [0, 0.05) is 14.1 Å². The molecule has 0 aliphatic heterocycles. The predicted octanol–water partition coefficient (Wildman–Crippen LogP) is 0.402. The quantitative estimate of drug-likeness (QED) is 0.706. The molecule has 0 unspecified atom stereocenters. The Hall–Kier alpha value is -1.81. The van der Waals surface area contributed by atoms with Gasteiger partial charge >= 0.3 is 6.03 Å². The maximum Gasteiger partial charge on any atom is 0.322 e. The van der Waals surface area contributed by atoms with Gasteiger partial charge in [-0.3, -0.25) is 14.5 Å². The number of nitrogens with zero attached hydrogens (tertiary/aromatic N) is 2. The zero-order chi connectivity index (χ0) is 10.7. The molecule has 0 radical (unpaired) electrons. The molecule has 0 fully saturated rings. The summed E-state index contributed by atoms with van der Waals surface area (Å²) in [7, 11) is 3.13. The molecular formula is C7H8N4O2S. The fourth-order valence-corrected chi connectivity index (χ4v) is 1.38. The van der Waals surface area contributed by atoms with E-state index in [-0.39, 0.29) is 16.6 Å². The first-order valence-electron chi connectivity index (χ1n) is 3.66. The number of hydrogen-bond acceptors (Lipinski definition) is 4. The Morgan fingerprint density at radius 2 is 2.29 bits per heavy atom. The Balaban J connectivity index is 2.94. The molecule has 0 saturated heterocycles. The average Bonchev–Trinajstić information content (AvgIpc) is 2.46. The van der Waals surface area contributed by atoms with E-state index >= 15 is 0 Å². The molecular weight excluding hydrogens is 204 g/mol. The molecule has 1 aromatic heterocycles. The molecule has 0 aromatic carbocycles. The number of nitrogens with one attached hydrogen (secondary N) is 2. The molecule has 0 aliphatic rings. The largest absolute Gasteiger partial charge is 0.331 e. The van der Waals surface area contributed by atoms with E-state index < -0.39 is 5.56 Å². The van der Waals surface area contributed by atoms with Crippen molar-refractivity contribution in [2.24, 2.45) is 0 Å². The van der Waals surface area contributed by atoms with E-state index in [1.165, 1.54) is 4.90 Å². The summed E-state index contributed by atoms with van der Waals surface area (Å²) in [4.78, 5) is 23.5. The van der Waals surface area contributed by atoms with Gasteiger partial charge in [0.15, 0.2) is 5.56 Å². The minimum Gasteiger partial charge on any atom is -0.331 e. The maximum atomic E-state index is 11.2. The molecule has 0 aliphatic carbocycles. The van der Waals surface area contributed by atoms with Crippen molar-refractivity contribution in [1.82, 2.24) is 9.27 Å². The molecule has 0 bridgehead atoms. The van der Waals surface area contributed by atoms with E-state index in [0.29, 0.717) is 0 Å². The first kappa shape index (κ1) is 10.3. The number of hydrogen-bond donors (Lipinski definition) is 2. The molecule has 0 atom stereocenters. The number of carbonyl (C=O) groups excluding carboxylic acids is 1. The van der Waals surface area contributed by atoms with Gasteiger partial charge in [0.05, 0.1) is 0 Å². The zero-order valence-corrected chi connectivity index (χ0v) is 8.44. The maximum absolute atomic E-state index is 11.2. The second-order valence-electron chi connectivity index (χ2n) is 2.67. The van der Waals surface area contributed by atoms with Crippen molar-refractivity contribution in [3.63, 3.8) is 0 Å². The van der Waals surface area contributed by atoms with Crippen molar-refractivity contribution in [3.05, 3.63) is 15.9 Å². The van der Waals surface area contributed by atoms with Crippen LogP contribution in [0.3, 0.4) is 0 Å². The number of carbonyl (C=O) groups is 1. The number of aromatic amines is 1. The fourth-order valence-electron chi connectivity index (χ4n) is 0.701. The lowest BCUT2D eigenvalue weighted by molar-refractivity contribution is 0.231. The lowest BCUT2D eigenvalue weighted by Crippen LogP contribution is -2.27. The summed E-state index contributed by atoms with van der Waals surface area (Å²) in [6, 6.07) is 1.34. The van der Waals surface area contributed by atoms with Gasteiger partial charge in [0.25, 0.3) is 5.56 Å². The number of urea groups is 1. The van der Waals surface area contributed by atoms with Crippen LogP contribution in [0.1, 0.15) is 5.56 Å². The molecule has 0 saturated carbocycles. The monoisotopic (exact) mass is 212 g/mol. The molecule has 6 nitrogen and oxygen atoms in total. The Kier molecular flexibility index (Phi) is 2.89. The topological polar surface area (TPSA) is 89.0 Å². The predicted molar refractivity (Wildman–Crippen MR) is 52.4 cm³/mol. The molecule has 74 valence electrons. The van der Waals surface area contributed by atoms with Crippen molar-refractivity contribution >= 4 is 22.6 Å². The zero-order valence-electron chi connectivity index (χ0n) is 7.62. The Labute approximate surface area is 83.9 Å². The van der Waals surface area contributed by atoms with Gasteiger partial charge in [0.1, 0.15) is 11.1 Å². The summed E-state index contributed by atoms with van der Waals surface area (Å²) in [6.07, 6.45) is 0. The highest BCUT2D eigenvalue weighted by atomic mass is 32.1. The Bertz CT molecular complexity index is 439. The second-order valence-corrected chi connectivity index (χ2v) is 3.49. The van der Waals surface area contributed by atoms with Crippen molar-refractivity contribution in [2.45, 2.75) is 0 Å². The molecule has 1 rings (SSSR count). The van der Waals surface area contributed by atoms with Crippen LogP contribution >= 0.6 is 11.5 Å². The molecule has 14 heavy (non-hydrogen) atoms. The van der Waals surface area contributed by atoms with Crippen LogP contribution < -0.4 is 10.9 Å². The van der Waals surface area contributed by atoms with Crippen molar-refractivity contribution in [1.29, 1.82) is 5.26 Å². The summed E-state index contributed by atoms with van der Waals surface area (Å²) >= 11 is 0.928. The minimum absolute atomic E-state index is 0.0646. The van der Waals surface area contributed by atoms with Crippen LogP contribution in [0.5, 0.6) is 0 Å². The highest BCUT2D eigenvalue weighted by Gasteiger charge is 2.13. The van der Waals surface area contributed by atoms with E-state index in [1.807, 2.05) is 0 Å². The number of rotatable bonds is 1. The van der Waals surface area contributed by atoms with Gasteiger partial charge in [0.2, 0.25) is 0 Å². The van der Waals surface area contributed by atoms with E-state index in [9.17, 15) is 9.59 Å². The molecule has 2 amide bonds. The summed E-state index contributed by atoms with van der Waals surface area (Å²) < 4.78 is 2.36. The van der Waals surface area contributed by atoms with Gasteiger partial charge in [-0.1, -0.05) is 0 Å². The number of anilines is 1. The van der Waals surface area contributed by atoms with Gasteiger partial charge in [-0.2, -0.15) is 5.26 Å². The van der Waals surface area contributed by atoms with E-state index in [4.69, 9.17) is 5.26 Å². The van der Waals surface area contributed by atoms with Crippen LogP contribution in [0.4, 0.5) is 9.80 Å². The van der Waals surface area contributed by atoms with Gasteiger partial charge in [-0.15, -0.1) is 0 Å². The Morgan fingerprint density at radius 3 is 2.79 bits per heavy atom. The van der Waals surface area contributed by atoms with Gasteiger partial charge < -0.3 is 4.90 Å². The summed E-state index contributed by atoms with van der Waals surface area (Å²) in [5, 5.41) is 11.3. The molecule has 1 aromatic rings. The molecule has 2 N–H and O–H groups in total. The van der Waals surface area contributed by atoms with Gasteiger partial charge in [-0.25, -0.2) is 4.79 Å². The average molecular weight is 212 g/mol. The highest BCUT2D eigenvalue weighted by molar-refractivity contribution is 7.10. The molecule has 7 heteroatoms. The van der Waals surface area contributed by atoms with Crippen LogP contribution in [-0.4, -0.2) is 29.4 Å². The number of amides is 2. The van der Waals surface area contributed by atoms with E-state index in [1.54, 1.807) is 20.2 Å². The van der Waals surface area contributed by atoms with Crippen LogP contribution in [-0.2, 0) is 0 Å². The number of aromatic nitrogens is 1. The third-order valence-corrected chi connectivity index (χ3v) is 2.24. The third kappa shape index (κ3) is 1.92. The smallest absolute Gasteiger partial charge is 0.322 e. The van der Waals surface area contributed by atoms with Crippen molar-refractivity contribution < 1.29 is 4.79 Å². The second kappa shape index (κ2) is 3.93. The van der Waals surface area contributed by atoms with Gasteiger partial charge in [-0.05, 0) is 11.5 Å². The third-order valence-electron chi connectivity index (χ3n) is 1.44. The summed E-state index contributed by atoms with van der Waals surface area (Å²) in [5.41, 5.74) is -0.545. The lowest BCUT2D eigenvalue weighted by atomic mass is 10.4. The van der Waals surface area contributed by atoms with Crippen LogP contribution in [0.15, 0.2) is 4.79 Å². The van der Waals surface area contributed by atoms with Crippen LogP contribution in [0.25, 0.3) is 0 Å². The van der Waals surface area contributed by atoms with Crippen LogP contribution in [0.2, 0.25) is 0 Å². The SMILES string of the molecule is CN(C)C(=O)Nc1s[nH]c(=O)c1C#N. The van der Waals surface area contributed by atoms with Crippen LogP contribution in [0, 0.1) is 11.3 Å². The van der Waals surface area contributed by atoms with Crippen molar-refractivity contribution in [3.8, 4) is 6.07 Å². The summed E-state index contributed by atoms with van der Waals surface area (Å²) in [5.74, 6) is 0. The van der Waals surface area contributed by atoms with E-state index in [2.05, 4.69) is 9.69 Å². The normalized spacial score (nSPS) is 9.21. The number of nitriles is 1. The van der Waals surface area contributed by atoms with E-state index in [0.717, 1.165) is 11.5 Å². The fraction of sp³-hybridized carbons (Fsp3) is 0.286. The number of H-pyrrole nitrogens is 1. The Morgan fingerprint density at radius 1 is 1.64 bits per heavy atom. The highest BCUT2D eigenvalue weighted by Crippen LogP contribution is 2.15. The lowest BCUT2D eigenvalue weighted by Gasteiger charge is -2.09.